The number of fused-ring (bicyclic) bond motifs is 3. The molecule has 3 aromatic heterocycles. The molecule has 0 radical (unpaired) electrons. The lowest BCUT2D eigenvalue weighted by molar-refractivity contribution is -0.144. The summed E-state index contributed by atoms with van der Waals surface area (Å²) in [6.07, 6.45) is 1.04. The zero-order valence-corrected chi connectivity index (χ0v) is 21.4. The Morgan fingerprint density at radius 2 is 1.92 bits per heavy atom. The highest BCUT2D eigenvalue weighted by Gasteiger charge is 2.46. The monoisotopic (exact) mass is 541 g/mol. The number of nitrogens with zero attached hydrogens (tertiary/aromatic N) is 5. The van der Waals surface area contributed by atoms with E-state index in [1.165, 1.54) is 35.7 Å². The molecule has 8 nitrogen and oxygen atoms in total. The minimum Gasteiger partial charge on any atom is -0.324 e. The topological polar surface area (TPSA) is 89.7 Å². The van der Waals surface area contributed by atoms with Crippen molar-refractivity contribution < 1.29 is 17.6 Å². The second kappa shape index (κ2) is 8.87. The van der Waals surface area contributed by atoms with Crippen molar-refractivity contribution in [3.63, 3.8) is 0 Å². The zero-order valence-electron chi connectivity index (χ0n) is 21.4. The lowest BCUT2D eigenvalue weighted by atomic mass is 9.90. The number of halogens is 4. The summed E-state index contributed by atoms with van der Waals surface area (Å²) in [5, 5.41) is 6.67. The second-order valence-electron chi connectivity index (χ2n) is 10.9. The maximum Gasteiger partial charge on any atom is 0.408 e. The van der Waals surface area contributed by atoms with Crippen LogP contribution in [0.2, 0.25) is 0 Å². The van der Waals surface area contributed by atoms with Crippen LogP contribution in [0.25, 0.3) is 16.7 Å². The molecule has 1 spiro atoms. The Morgan fingerprint density at radius 3 is 2.64 bits per heavy atom. The highest BCUT2D eigenvalue weighted by Crippen LogP contribution is 2.49. The number of hydrogen-bond acceptors (Lipinski definition) is 6. The molecule has 0 unspecified atom stereocenters. The van der Waals surface area contributed by atoms with Gasteiger partial charge in [-0.25, -0.2) is 14.3 Å². The third-order valence-electron chi connectivity index (χ3n) is 7.50. The van der Waals surface area contributed by atoms with Gasteiger partial charge in [0, 0.05) is 35.6 Å². The number of hydrogen-bond donors (Lipinski definition) is 2. The third-order valence-corrected chi connectivity index (χ3v) is 7.50. The quantitative estimate of drug-likeness (QED) is 0.345. The largest absolute Gasteiger partial charge is 0.408 e. The molecule has 1 aliphatic heterocycles. The van der Waals surface area contributed by atoms with E-state index in [0.717, 1.165) is 36.2 Å². The van der Waals surface area contributed by atoms with E-state index < -0.39 is 30.4 Å². The fraction of sp³-hybridized carbons (Fsp3) is 0.407. The highest BCUT2D eigenvalue weighted by atomic mass is 19.4. The number of anilines is 2. The molecule has 39 heavy (non-hydrogen) atoms. The second-order valence-corrected chi connectivity index (χ2v) is 10.9. The molecule has 1 aliphatic carbocycles. The van der Waals surface area contributed by atoms with E-state index in [2.05, 4.69) is 31.7 Å². The summed E-state index contributed by atoms with van der Waals surface area (Å²) in [5.41, 5.74) is 2.02. The van der Waals surface area contributed by atoms with Gasteiger partial charge >= 0.3 is 6.18 Å². The van der Waals surface area contributed by atoms with Crippen LogP contribution in [-0.4, -0.2) is 43.7 Å². The highest BCUT2D eigenvalue weighted by molar-refractivity contribution is 5.77. The van der Waals surface area contributed by atoms with Gasteiger partial charge in [0.25, 0.3) is 5.56 Å². The average molecular weight is 542 g/mol. The van der Waals surface area contributed by atoms with Crippen LogP contribution in [0.1, 0.15) is 43.5 Å². The van der Waals surface area contributed by atoms with Crippen LogP contribution in [0, 0.1) is 0 Å². The minimum absolute atomic E-state index is 0.00366. The van der Waals surface area contributed by atoms with Gasteiger partial charge in [-0.05, 0) is 54.7 Å². The Kier molecular flexibility index (Phi) is 5.79. The molecule has 4 heterocycles. The molecule has 204 valence electrons. The van der Waals surface area contributed by atoms with Crippen LogP contribution in [0.15, 0.2) is 47.5 Å². The third kappa shape index (κ3) is 4.56. The maximum atomic E-state index is 13.7. The van der Waals surface area contributed by atoms with Gasteiger partial charge in [0.15, 0.2) is 5.65 Å². The molecule has 1 aromatic carbocycles. The first-order valence-corrected chi connectivity index (χ1v) is 12.7. The van der Waals surface area contributed by atoms with Crippen molar-refractivity contribution in [3.8, 4) is 5.69 Å². The zero-order chi connectivity index (χ0) is 27.6. The Morgan fingerprint density at radius 1 is 1.13 bits per heavy atom. The molecule has 0 atom stereocenters. The Labute approximate surface area is 221 Å². The number of rotatable bonds is 6. The number of pyridine rings is 1. The van der Waals surface area contributed by atoms with Gasteiger partial charge in [-0.3, -0.25) is 14.2 Å². The predicted octanol–water partition coefficient (Wildman–Crippen LogP) is 4.67. The first kappa shape index (κ1) is 25.5. The van der Waals surface area contributed by atoms with Crippen LogP contribution in [-0.2, 0) is 23.9 Å². The summed E-state index contributed by atoms with van der Waals surface area (Å²) in [5.74, 6) is 0.133. The fourth-order valence-electron chi connectivity index (χ4n) is 5.23. The van der Waals surface area contributed by atoms with E-state index in [1.54, 1.807) is 13.8 Å². The smallest absolute Gasteiger partial charge is 0.324 e. The average Bonchev–Trinajstić information content (AvgIpc) is 3.62. The molecule has 2 N–H and O–H groups in total. The van der Waals surface area contributed by atoms with Crippen LogP contribution >= 0.6 is 0 Å². The molecule has 4 aromatic rings. The summed E-state index contributed by atoms with van der Waals surface area (Å²) < 4.78 is 56.0. The molecular weight excluding hydrogens is 514 g/mol. The van der Waals surface area contributed by atoms with E-state index in [1.807, 2.05) is 12.1 Å². The molecule has 1 fully saturated rings. The molecular formula is C27H27F4N7O. The van der Waals surface area contributed by atoms with Crippen molar-refractivity contribution in [1.29, 1.82) is 0 Å². The van der Waals surface area contributed by atoms with Gasteiger partial charge in [0.05, 0.1) is 11.4 Å². The molecule has 0 saturated heterocycles. The SMILES string of the molecule is CC(C)(CF)c1cc(-n2c3nc(Nc4ccc5c(c4)CCNC54CC4)ncc3c(=O)n2CC(F)(F)F)ccn1. The summed E-state index contributed by atoms with van der Waals surface area (Å²) in [6, 6.07) is 8.99. The van der Waals surface area contributed by atoms with Crippen LogP contribution < -0.4 is 16.2 Å². The van der Waals surface area contributed by atoms with Crippen LogP contribution in [0.4, 0.5) is 29.2 Å². The number of nitrogens with one attached hydrogen (secondary N) is 2. The minimum atomic E-state index is -4.67. The predicted molar refractivity (Wildman–Crippen MR) is 138 cm³/mol. The van der Waals surface area contributed by atoms with E-state index in [4.69, 9.17) is 0 Å². The summed E-state index contributed by atoms with van der Waals surface area (Å²) in [7, 11) is 0. The van der Waals surface area contributed by atoms with Crippen molar-refractivity contribution >= 4 is 22.7 Å². The van der Waals surface area contributed by atoms with Crippen LogP contribution in [0.5, 0.6) is 0 Å². The van der Waals surface area contributed by atoms with Crippen molar-refractivity contribution in [2.75, 3.05) is 18.5 Å². The van der Waals surface area contributed by atoms with Gasteiger partial charge in [-0.15, -0.1) is 0 Å². The van der Waals surface area contributed by atoms with Crippen molar-refractivity contribution in [3.05, 3.63) is 69.9 Å². The van der Waals surface area contributed by atoms with E-state index in [0.29, 0.717) is 10.4 Å². The Balaban J connectivity index is 1.45. The Bertz CT molecular complexity index is 1640. The number of aromatic nitrogens is 5. The Hall–Kier alpha value is -3.80. The van der Waals surface area contributed by atoms with Crippen molar-refractivity contribution in [2.24, 2.45) is 0 Å². The fourth-order valence-corrected chi connectivity index (χ4v) is 5.23. The molecule has 6 rings (SSSR count). The summed E-state index contributed by atoms with van der Waals surface area (Å²) in [6.45, 7) is 1.92. The number of alkyl halides is 4. The summed E-state index contributed by atoms with van der Waals surface area (Å²) >= 11 is 0. The molecule has 0 bridgehead atoms. The van der Waals surface area contributed by atoms with E-state index >= 15 is 0 Å². The van der Waals surface area contributed by atoms with Crippen molar-refractivity contribution in [2.45, 2.75) is 56.8 Å². The van der Waals surface area contributed by atoms with Crippen LogP contribution in [0.3, 0.4) is 0 Å². The van der Waals surface area contributed by atoms with Gasteiger partial charge in [-0.2, -0.15) is 18.2 Å². The van der Waals surface area contributed by atoms with E-state index in [9.17, 15) is 22.4 Å². The first-order chi connectivity index (χ1) is 18.5. The molecule has 2 aliphatic rings. The molecule has 0 amide bonds. The van der Waals surface area contributed by atoms with Gasteiger partial charge < -0.3 is 10.6 Å². The van der Waals surface area contributed by atoms with Gasteiger partial charge in [0.1, 0.15) is 18.6 Å². The van der Waals surface area contributed by atoms with E-state index in [-0.39, 0.29) is 28.2 Å². The normalized spacial score (nSPS) is 16.5. The number of benzene rings is 1. The first-order valence-electron chi connectivity index (χ1n) is 12.7. The lowest BCUT2D eigenvalue weighted by Crippen LogP contribution is -2.36. The molecule has 1 saturated carbocycles. The lowest BCUT2D eigenvalue weighted by Gasteiger charge is -2.27. The van der Waals surface area contributed by atoms with Gasteiger partial charge in [-0.1, -0.05) is 19.9 Å². The van der Waals surface area contributed by atoms with Crippen molar-refractivity contribution in [1.82, 2.24) is 29.6 Å². The maximum absolute atomic E-state index is 13.7. The summed E-state index contributed by atoms with van der Waals surface area (Å²) in [4.78, 5) is 26.0. The standard InChI is InChI=1S/C27H27F4N7O/c1-25(2,14-28)21-12-18(6-9-32-21)38-22-19(23(39)37(38)15-27(29,30)31)13-33-24(36-22)35-17-3-4-20-16(11-17)5-10-34-26(20)7-8-26/h3-4,6,9,11-13,34H,5,7-8,10,14-15H2,1-2H3,(H,33,35,36). The molecule has 12 heteroatoms. The van der Waals surface area contributed by atoms with Gasteiger partial charge in [0.2, 0.25) is 5.95 Å².